The third-order valence-electron chi connectivity index (χ3n) is 4.49. The lowest BCUT2D eigenvalue weighted by Crippen LogP contribution is -2.50. The average molecular weight is 366 g/mol. The van der Waals surface area contributed by atoms with Gasteiger partial charge >= 0.3 is 11.8 Å². The molecule has 1 aromatic carbocycles. The third-order valence-corrected chi connectivity index (χ3v) is 4.49. The number of carbonyl (C=O) groups is 2. The highest BCUT2D eigenvalue weighted by Crippen LogP contribution is 2.22. The second kappa shape index (κ2) is 10.2. The van der Waals surface area contributed by atoms with Gasteiger partial charge in [-0.1, -0.05) is 12.1 Å². The van der Waals surface area contributed by atoms with Crippen molar-refractivity contribution in [2.75, 3.05) is 60.0 Å². The summed E-state index contributed by atoms with van der Waals surface area (Å²) < 4.78 is 18.1. The molecule has 1 aliphatic rings. The van der Waals surface area contributed by atoms with E-state index in [1.807, 2.05) is 0 Å². The van der Waals surface area contributed by atoms with Crippen molar-refractivity contribution in [3.05, 3.63) is 35.6 Å². The first kappa shape index (κ1) is 20.3. The van der Waals surface area contributed by atoms with Crippen LogP contribution in [0.2, 0.25) is 0 Å². The van der Waals surface area contributed by atoms with Gasteiger partial charge in [-0.25, -0.2) is 4.39 Å². The largest absolute Gasteiger partial charge is 0.383 e. The summed E-state index contributed by atoms with van der Waals surface area (Å²) in [5, 5.41) is 5.18. The van der Waals surface area contributed by atoms with Gasteiger partial charge in [0, 0.05) is 46.4 Å². The van der Waals surface area contributed by atoms with Crippen molar-refractivity contribution < 1.29 is 18.7 Å². The van der Waals surface area contributed by atoms with Gasteiger partial charge in [0.2, 0.25) is 0 Å². The quantitative estimate of drug-likeness (QED) is 0.525. The highest BCUT2D eigenvalue weighted by atomic mass is 19.1. The normalized spacial score (nSPS) is 16.9. The van der Waals surface area contributed by atoms with Gasteiger partial charge in [-0.2, -0.15) is 0 Å². The van der Waals surface area contributed by atoms with Crippen LogP contribution in [-0.4, -0.2) is 81.6 Å². The Morgan fingerprint density at radius 3 is 2.35 bits per heavy atom. The van der Waals surface area contributed by atoms with Gasteiger partial charge in [-0.3, -0.25) is 14.5 Å². The molecule has 1 heterocycles. The molecule has 0 saturated carbocycles. The fourth-order valence-electron chi connectivity index (χ4n) is 2.89. The number of nitrogens with one attached hydrogen (secondary N) is 2. The van der Waals surface area contributed by atoms with E-state index in [1.54, 1.807) is 12.1 Å². The second-order valence-corrected chi connectivity index (χ2v) is 6.37. The number of halogens is 1. The highest BCUT2D eigenvalue weighted by molar-refractivity contribution is 6.35. The van der Waals surface area contributed by atoms with Crippen molar-refractivity contribution in [1.29, 1.82) is 0 Å². The number of piperazine rings is 1. The minimum absolute atomic E-state index is 0.111. The van der Waals surface area contributed by atoms with Gasteiger partial charge in [-0.15, -0.1) is 0 Å². The Kier molecular flexibility index (Phi) is 7.96. The summed E-state index contributed by atoms with van der Waals surface area (Å²) in [4.78, 5) is 28.3. The molecule has 144 valence electrons. The van der Waals surface area contributed by atoms with Crippen LogP contribution >= 0.6 is 0 Å². The molecule has 2 N–H and O–H groups in total. The Balaban J connectivity index is 1.98. The Hall–Kier alpha value is -2.03. The van der Waals surface area contributed by atoms with Crippen LogP contribution in [-0.2, 0) is 14.3 Å². The van der Waals surface area contributed by atoms with Gasteiger partial charge in [0.1, 0.15) is 5.82 Å². The minimum atomic E-state index is -0.682. The van der Waals surface area contributed by atoms with Crippen LogP contribution in [0.5, 0.6) is 0 Å². The van der Waals surface area contributed by atoms with E-state index < -0.39 is 11.8 Å². The number of carbonyl (C=O) groups excluding carboxylic acids is 2. The van der Waals surface area contributed by atoms with E-state index in [1.165, 1.54) is 19.2 Å². The van der Waals surface area contributed by atoms with E-state index >= 15 is 0 Å². The fourth-order valence-corrected chi connectivity index (χ4v) is 2.89. The topological polar surface area (TPSA) is 73.9 Å². The van der Waals surface area contributed by atoms with Crippen molar-refractivity contribution in [2.24, 2.45) is 0 Å². The zero-order chi connectivity index (χ0) is 18.9. The van der Waals surface area contributed by atoms with Crippen LogP contribution in [0.3, 0.4) is 0 Å². The molecule has 0 bridgehead atoms. The summed E-state index contributed by atoms with van der Waals surface area (Å²) in [6, 6.07) is 6.17. The predicted octanol–water partition coefficient (Wildman–Crippen LogP) is -0.00700. The van der Waals surface area contributed by atoms with Crippen molar-refractivity contribution in [1.82, 2.24) is 20.4 Å². The van der Waals surface area contributed by atoms with Crippen molar-refractivity contribution in [3.63, 3.8) is 0 Å². The standard InChI is InChI=1S/C18H27FN4O3/c1-22-8-10-23(11-9-22)16(14-3-5-15(19)6-4-14)13-21-18(25)17(24)20-7-12-26-2/h3-6,16H,7-13H2,1-2H3,(H,20,24)(H,21,25)/t16-/m1/s1. The van der Waals surface area contributed by atoms with Gasteiger partial charge in [0.25, 0.3) is 0 Å². The first-order valence-electron chi connectivity index (χ1n) is 8.74. The number of likely N-dealkylation sites (N-methyl/N-ethyl adjacent to an activating group) is 1. The molecule has 0 unspecified atom stereocenters. The van der Waals surface area contributed by atoms with E-state index in [-0.39, 0.29) is 24.9 Å². The molecule has 0 radical (unpaired) electrons. The maximum atomic E-state index is 13.3. The average Bonchev–Trinajstić information content (AvgIpc) is 2.64. The monoisotopic (exact) mass is 366 g/mol. The molecule has 0 aliphatic carbocycles. The van der Waals surface area contributed by atoms with E-state index in [4.69, 9.17) is 4.74 Å². The molecule has 2 rings (SSSR count). The summed E-state index contributed by atoms with van der Waals surface area (Å²) in [5.41, 5.74) is 0.913. The third kappa shape index (κ3) is 6.05. The number of ether oxygens (including phenoxy) is 1. The zero-order valence-electron chi connectivity index (χ0n) is 15.3. The molecule has 1 aromatic rings. The number of hydrogen-bond acceptors (Lipinski definition) is 5. The molecule has 26 heavy (non-hydrogen) atoms. The lowest BCUT2D eigenvalue weighted by molar-refractivity contribution is -0.139. The molecule has 1 atom stereocenters. The van der Waals surface area contributed by atoms with Crippen molar-refractivity contribution in [2.45, 2.75) is 6.04 Å². The molecule has 0 aromatic heterocycles. The Morgan fingerprint density at radius 1 is 1.12 bits per heavy atom. The van der Waals surface area contributed by atoms with Crippen LogP contribution in [0, 0.1) is 5.82 Å². The molecule has 1 fully saturated rings. The van der Waals surface area contributed by atoms with Crippen LogP contribution in [0.25, 0.3) is 0 Å². The van der Waals surface area contributed by atoms with Crippen LogP contribution < -0.4 is 10.6 Å². The van der Waals surface area contributed by atoms with Gasteiger partial charge in [0.05, 0.1) is 12.6 Å². The van der Waals surface area contributed by atoms with Crippen molar-refractivity contribution in [3.8, 4) is 0 Å². The van der Waals surface area contributed by atoms with E-state index in [2.05, 4.69) is 27.5 Å². The summed E-state index contributed by atoms with van der Waals surface area (Å²) >= 11 is 0. The minimum Gasteiger partial charge on any atom is -0.383 e. The van der Waals surface area contributed by atoms with E-state index in [0.717, 1.165) is 31.7 Å². The summed E-state index contributed by atoms with van der Waals surface area (Å²) in [5.74, 6) is -1.66. The smallest absolute Gasteiger partial charge is 0.309 e. The maximum Gasteiger partial charge on any atom is 0.309 e. The molecule has 2 amide bonds. The van der Waals surface area contributed by atoms with Crippen LogP contribution in [0.1, 0.15) is 11.6 Å². The summed E-state index contributed by atoms with van der Waals surface area (Å²) in [6.45, 7) is 4.43. The molecule has 7 nitrogen and oxygen atoms in total. The van der Waals surface area contributed by atoms with Crippen LogP contribution in [0.4, 0.5) is 4.39 Å². The molecule has 1 saturated heterocycles. The molecular weight excluding hydrogens is 339 g/mol. The summed E-state index contributed by atoms with van der Waals surface area (Å²) in [6.07, 6.45) is 0. The Morgan fingerprint density at radius 2 is 1.73 bits per heavy atom. The first-order chi connectivity index (χ1) is 12.5. The number of rotatable bonds is 7. The Labute approximate surface area is 153 Å². The lowest BCUT2D eigenvalue weighted by atomic mass is 10.0. The molecule has 8 heteroatoms. The van der Waals surface area contributed by atoms with Gasteiger partial charge in [0.15, 0.2) is 0 Å². The SMILES string of the molecule is COCCNC(=O)C(=O)NC[C@H](c1ccc(F)cc1)N1CCN(C)CC1. The molecule has 0 spiro atoms. The fraction of sp³-hybridized carbons (Fsp3) is 0.556. The predicted molar refractivity (Wildman–Crippen MR) is 96.1 cm³/mol. The number of hydrogen-bond donors (Lipinski definition) is 2. The van der Waals surface area contributed by atoms with Gasteiger partial charge in [-0.05, 0) is 24.7 Å². The zero-order valence-corrected chi connectivity index (χ0v) is 15.3. The molecular formula is C18H27FN4O3. The van der Waals surface area contributed by atoms with Crippen molar-refractivity contribution >= 4 is 11.8 Å². The maximum absolute atomic E-state index is 13.3. The number of methoxy groups -OCH3 is 1. The molecule has 1 aliphatic heterocycles. The summed E-state index contributed by atoms with van der Waals surface area (Å²) in [7, 11) is 3.59. The Bertz CT molecular complexity index is 589. The lowest BCUT2D eigenvalue weighted by Gasteiger charge is -2.38. The van der Waals surface area contributed by atoms with E-state index in [9.17, 15) is 14.0 Å². The number of nitrogens with zero attached hydrogens (tertiary/aromatic N) is 2. The van der Waals surface area contributed by atoms with E-state index in [0.29, 0.717) is 6.61 Å². The highest BCUT2D eigenvalue weighted by Gasteiger charge is 2.25. The van der Waals surface area contributed by atoms with Gasteiger partial charge < -0.3 is 20.3 Å². The number of benzene rings is 1. The van der Waals surface area contributed by atoms with Crippen LogP contribution in [0.15, 0.2) is 24.3 Å². The first-order valence-corrected chi connectivity index (χ1v) is 8.74. The second-order valence-electron chi connectivity index (χ2n) is 6.37. The number of amides is 2.